The normalized spacial score (nSPS) is 19.5. The van der Waals surface area contributed by atoms with Crippen molar-refractivity contribution in [3.05, 3.63) is 27.6 Å². The third kappa shape index (κ3) is 3.03. The Morgan fingerprint density at radius 2 is 2.26 bits per heavy atom. The summed E-state index contributed by atoms with van der Waals surface area (Å²) in [7, 11) is 0. The van der Waals surface area contributed by atoms with Crippen LogP contribution in [0.1, 0.15) is 11.1 Å². The molecule has 7 heteroatoms. The molecule has 1 aliphatic heterocycles. The Morgan fingerprint density at radius 1 is 1.37 bits per heavy atom. The second kappa shape index (κ2) is 5.92. The zero-order valence-electron chi connectivity index (χ0n) is 9.88. The van der Waals surface area contributed by atoms with Crippen molar-refractivity contribution in [1.29, 1.82) is 0 Å². The molecule has 1 aliphatic rings. The highest BCUT2D eigenvalue weighted by Gasteiger charge is 2.22. The van der Waals surface area contributed by atoms with Crippen molar-refractivity contribution in [3.8, 4) is 17.2 Å². The van der Waals surface area contributed by atoms with Gasteiger partial charge in [-0.25, -0.2) is 0 Å². The molecule has 1 saturated heterocycles. The van der Waals surface area contributed by atoms with Gasteiger partial charge in [-0.3, -0.25) is 0 Å². The number of hydrogen-bond donors (Lipinski definition) is 1. The van der Waals surface area contributed by atoms with Crippen LogP contribution in [0.15, 0.2) is 22.7 Å². The molecule has 1 N–H and O–H groups in total. The van der Waals surface area contributed by atoms with Gasteiger partial charge in [0.2, 0.25) is 0 Å². The number of thioether (sulfide) groups is 2. The van der Waals surface area contributed by atoms with E-state index in [1.54, 1.807) is 6.07 Å². The van der Waals surface area contributed by atoms with Crippen LogP contribution >= 0.6 is 46.1 Å². The molecule has 1 atom stereocenters. The van der Waals surface area contributed by atoms with Crippen molar-refractivity contribution in [2.24, 2.45) is 0 Å². The van der Waals surface area contributed by atoms with E-state index < -0.39 is 0 Å². The van der Waals surface area contributed by atoms with Gasteiger partial charge in [-0.15, -0.1) is 11.8 Å². The monoisotopic (exact) mass is 406 g/mol. The number of nitrogens with zero attached hydrogens (tertiary/aromatic N) is 2. The maximum absolute atomic E-state index is 9.71. The summed E-state index contributed by atoms with van der Waals surface area (Å²) < 4.78 is 6.11. The van der Waals surface area contributed by atoms with Gasteiger partial charge < -0.3 is 9.63 Å². The minimum absolute atomic E-state index is 0.237. The Labute approximate surface area is 132 Å². The molecule has 100 valence electrons. The number of halogens is 1. The lowest BCUT2D eigenvalue weighted by Crippen LogP contribution is -2.07. The molecule has 0 radical (unpaired) electrons. The van der Waals surface area contributed by atoms with Crippen LogP contribution in [0.25, 0.3) is 11.5 Å². The fourth-order valence-electron chi connectivity index (χ4n) is 1.77. The van der Waals surface area contributed by atoms with Crippen LogP contribution < -0.4 is 0 Å². The van der Waals surface area contributed by atoms with E-state index in [0.717, 1.165) is 26.5 Å². The van der Waals surface area contributed by atoms with Gasteiger partial charge in [0.05, 0.1) is 8.82 Å². The zero-order valence-corrected chi connectivity index (χ0v) is 13.7. The smallest absolute Gasteiger partial charge is 0.258 e. The lowest BCUT2D eigenvalue weighted by molar-refractivity contribution is 0.422. The second-order valence-electron chi connectivity index (χ2n) is 4.06. The number of aromatic nitrogens is 2. The molecule has 0 saturated carbocycles. The molecule has 1 unspecified atom stereocenters. The minimum atomic E-state index is 0.237. The maximum Gasteiger partial charge on any atom is 0.258 e. The number of hydrogen-bond acceptors (Lipinski definition) is 6. The number of benzene rings is 1. The predicted molar refractivity (Wildman–Crippen MR) is 86.6 cm³/mol. The van der Waals surface area contributed by atoms with Gasteiger partial charge in [-0.05, 0) is 40.8 Å². The number of phenols is 1. The van der Waals surface area contributed by atoms with E-state index >= 15 is 0 Å². The predicted octanol–water partition coefficient (Wildman–Crippen LogP) is 3.57. The molecule has 0 spiro atoms. The van der Waals surface area contributed by atoms with Crippen LogP contribution in [0, 0.1) is 3.57 Å². The Morgan fingerprint density at radius 3 is 3.00 bits per heavy atom. The molecule has 1 fully saturated rings. The fraction of sp³-hybridized carbons (Fsp3) is 0.333. The van der Waals surface area contributed by atoms with Gasteiger partial charge in [0.1, 0.15) is 5.75 Å². The van der Waals surface area contributed by atoms with E-state index in [4.69, 9.17) is 4.52 Å². The lowest BCUT2D eigenvalue weighted by Gasteiger charge is -2.16. The van der Waals surface area contributed by atoms with Crippen molar-refractivity contribution in [2.45, 2.75) is 5.25 Å². The molecule has 1 aromatic heterocycles. The van der Waals surface area contributed by atoms with Crippen molar-refractivity contribution >= 4 is 46.1 Å². The molecule has 4 nitrogen and oxygen atoms in total. The van der Waals surface area contributed by atoms with Crippen LogP contribution in [0.4, 0.5) is 0 Å². The molecule has 19 heavy (non-hydrogen) atoms. The van der Waals surface area contributed by atoms with Crippen LogP contribution in [0.2, 0.25) is 0 Å². The molecular weight excluding hydrogens is 395 g/mol. The molecule has 0 aliphatic carbocycles. The summed E-state index contributed by atoms with van der Waals surface area (Å²) in [6.07, 6.45) is 0. The highest BCUT2D eigenvalue weighted by molar-refractivity contribution is 14.1. The molecule has 0 bridgehead atoms. The molecular formula is C12H11IN2O2S2. The Balaban J connectivity index is 1.85. The van der Waals surface area contributed by atoms with Crippen molar-refractivity contribution in [1.82, 2.24) is 10.1 Å². The van der Waals surface area contributed by atoms with Gasteiger partial charge in [0.25, 0.3) is 5.89 Å². The molecule has 3 rings (SSSR count). The average molecular weight is 406 g/mol. The fourth-order valence-corrected chi connectivity index (χ4v) is 4.69. The summed E-state index contributed by atoms with van der Waals surface area (Å²) in [6.45, 7) is 0. The SMILES string of the molecule is Oc1cc(-c2nc(C3CSCCS3)no2)ccc1I. The molecule has 1 aromatic carbocycles. The van der Waals surface area contributed by atoms with Crippen molar-refractivity contribution in [2.75, 3.05) is 17.3 Å². The summed E-state index contributed by atoms with van der Waals surface area (Å²) in [5, 5.41) is 14.1. The first-order chi connectivity index (χ1) is 9.24. The van der Waals surface area contributed by atoms with E-state index in [-0.39, 0.29) is 5.75 Å². The summed E-state index contributed by atoms with van der Waals surface area (Å²) >= 11 is 5.88. The largest absolute Gasteiger partial charge is 0.507 e. The Kier molecular flexibility index (Phi) is 4.23. The Bertz CT molecular complexity index is 585. The third-order valence-electron chi connectivity index (χ3n) is 2.74. The highest BCUT2D eigenvalue weighted by Crippen LogP contribution is 2.36. The van der Waals surface area contributed by atoms with Crippen LogP contribution in [0.3, 0.4) is 0 Å². The third-order valence-corrected chi connectivity index (χ3v) is 6.40. The summed E-state index contributed by atoms with van der Waals surface area (Å²) in [6, 6.07) is 5.36. The average Bonchev–Trinajstić information content (AvgIpc) is 2.93. The standard InChI is InChI=1S/C12H11IN2O2S2/c13-8-2-1-7(5-9(8)16)12-14-11(15-17-12)10-6-18-3-4-19-10/h1-2,5,10,16H,3-4,6H2. The first kappa shape index (κ1) is 13.6. The first-order valence-electron chi connectivity index (χ1n) is 5.76. The summed E-state index contributed by atoms with van der Waals surface area (Å²) in [5.74, 6) is 4.81. The summed E-state index contributed by atoms with van der Waals surface area (Å²) in [5.41, 5.74) is 0.755. The second-order valence-corrected chi connectivity index (χ2v) is 7.68. The van der Waals surface area contributed by atoms with E-state index in [9.17, 15) is 5.11 Å². The number of aromatic hydroxyl groups is 1. The van der Waals surface area contributed by atoms with Gasteiger partial charge in [-0.2, -0.15) is 16.7 Å². The maximum atomic E-state index is 9.71. The van der Waals surface area contributed by atoms with Gasteiger partial charge in [-0.1, -0.05) is 5.16 Å². The van der Waals surface area contributed by atoms with Crippen LogP contribution in [-0.4, -0.2) is 32.5 Å². The van der Waals surface area contributed by atoms with Gasteiger partial charge in [0.15, 0.2) is 5.82 Å². The van der Waals surface area contributed by atoms with Crippen molar-refractivity contribution in [3.63, 3.8) is 0 Å². The Hall–Kier alpha value is -0.410. The summed E-state index contributed by atoms with van der Waals surface area (Å²) in [4.78, 5) is 4.45. The van der Waals surface area contributed by atoms with Crippen LogP contribution in [-0.2, 0) is 0 Å². The number of rotatable bonds is 2. The first-order valence-corrected chi connectivity index (χ1v) is 9.04. The quantitative estimate of drug-likeness (QED) is 0.770. The van der Waals surface area contributed by atoms with E-state index in [2.05, 4.69) is 32.7 Å². The molecule has 2 aromatic rings. The lowest BCUT2D eigenvalue weighted by atomic mass is 10.2. The minimum Gasteiger partial charge on any atom is -0.507 e. The topological polar surface area (TPSA) is 59.2 Å². The van der Waals surface area contributed by atoms with Crippen LogP contribution in [0.5, 0.6) is 5.75 Å². The molecule has 2 heterocycles. The number of phenolic OH excluding ortho intramolecular Hbond substituents is 1. The van der Waals surface area contributed by atoms with E-state index in [0.29, 0.717) is 11.1 Å². The highest BCUT2D eigenvalue weighted by atomic mass is 127. The van der Waals surface area contributed by atoms with Crippen molar-refractivity contribution < 1.29 is 9.63 Å². The van der Waals surface area contributed by atoms with E-state index in [1.807, 2.05) is 35.7 Å². The van der Waals surface area contributed by atoms with Gasteiger partial charge >= 0.3 is 0 Å². The van der Waals surface area contributed by atoms with Gasteiger partial charge in [0, 0.05) is 22.8 Å². The van der Waals surface area contributed by atoms with E-state index in [1.165, 1.54) is 5.75 Å². The zero-order chi connectivity index (χ0) is 13.2. The molecule has 0 amide bonds.